The first-order chi connectivity index (χ1) is 11.3. The number of esters is 1. The largest absolute Gasteiger partial charge is 0.462 e. The SMILES string of the molecule is CCOC(=O)c1ccc(S(=O)(=O)c2ccc(C[C@@H](C)N)cc2)cc1. The zero-order valence-electron chi connectivity index (χ0n) is 13.7. The summed E-state index contributed by atoms with van der Waals surface area (Å²) in [5.41, 5.74) is 7.05. The fourth-order valence-corrected chi connectivity index (χ4v) is 3.56. The monoisotopic (exact) mass is 347 g/mol. The van der Waals surface area contributed by atoms with Crippen molar-refractivity contribution in [2.75, 3.05) is 6.61 Å². The van der Waals surface area contributed by atoms with Crippen molar-refractivity contribution in [2.24, 2.45) is 5.73 Å². The van der Waals surface area contributed by atoms with Crippen molar-refractivity contribution in [2.45, 2.75) is 36.1 Å². The summed E-state index contributed by atoms with van der Waals surface area (Å²) in [5, 5.41) is 0. The van der Waals surface area contributed by atoms with Crippen molar-refractivity contribution < 1.29 is 17.9 Å². The fourth-order valence-electron chi connectivity index (χ4n) is 2.30. The molecule has 0 aliphatic rings. The number of carbonyl (C=O) groups excluding carboxylic acids is 1. The number of hydrogen-bond donors (Lipinski definition) is 1. The lowest BCUT2D eigenvalue weighted by molar-refractivity contribution is 0.0526. The van der Waals surface area contributed by atoms with Crippen LogP contribution in [-0.2, 0) is 21.0 Å². The summed E-state index contributed by atoms with van der Waals surface area (Å²) in [6.07, 6.45) is 0.689. The number of carbonyl (C=O) groups is 1. The molecule has 24 heavy (non-hydrogen) atoms. The van der Waals surface area contributed by atoms with Crippen LogP contribution in [0.2, 0.25) is 0 Å². The van der Waals surface area contributed by atoms with Crippen LogP contribution < -0.4 is 5.73 Å². The Bertz CT molecular complexity index is 794. The van der Waals surface area contributed by atoms with Gasteiger partial charge in [-0.2, -0.15) is 0 Å². The van der Waals surface area contributed by atoms with Crippen LogP contribution in [0, 0.1) is 0 Å². The van der Waals surface area contributed by atoms with Crippen LogP contribution in [0.1, 0.15) is 29.8 Å². The third-order valence-corrected chi connectivity index (χ3v) is 5.25. The van der Waals surface area contributed by atoms with E-state index in [9.17, 15) is 13.2 Å². The molecule has 6 heteroatoms. The maximum absolute atomic E-state index is 12.6. The molecule has 1 atom stereocenters. The van der Waals surface area contributed by atoms with Crippen LogP contribution in [0.25, 0.3) is 0 Å². The Morgan fingerprint density at radius 3 is 2.00 bits per heavy atom. The van der Waals surface area contributed by atoms with Crippen LogP contribution in [0.15, 0.2) is 58.3 Å². The molecule has 0 heterocycles. The number of ether oxygens (including phenoxy) is 1. The number of hydrogen-bond acceptors (Lipinski definition) is 5. The first-order valence-electron chi connectivity index (χ1n) is 7.71. The van der Waals surface area contributed by atoms with E-state index >= 15 is 0 Å². The number of rotatable bonds is 6. The molecule has 0 aromatic heterocycles. The molecule has 2 aromatic rings. The van der Waals surface area contributed by atoms with E-state index in [0.29, 0.717) is 12.0 Å². The van der Waals surface area contributed by atoms with E-state index in [0.717, 1.165) is 5.56 Å². The highest BCUT2D eigenvalue weighted by Crippen LogP contribution is 2.22. The lowest BCUT2D eigenvalue weighted by Gasteiger charge is -2.08. The van der Waals surface area contributed by atoms with Crippen molar-refractivity contribution in [1.82, 2.24) is 0 Å². The van der Waals surface area contributed by atoms with Crippen LogP contribution in [0.5, 0.6) is 0 Å². The molecule has 0 aliphatic carbocycles. The number of nitrogens with two attached hydrogens (primary N) is 1. The minimum atomic E-state index is -3.62. The van der Waals surface area contributed by atoms with E-state index in [1.807, 2.05) is 6.92 Å². The lowest BCUT2D eigenvalue weighted by Crippen LogP contribution is -2.17. The van der Waals surface area contributed by atoms with Gasteiger partial charge >= 0.3 is 5.97 Å². The second-order valence-corrected chi connectivity index (χ2v) is 7.52. The summed E-state index contributed by atoms with van der Waals surface area (Å²) in [6.45, 7) is 3.88. The zero-order chi connectivity index (χ0) is 17.7. The van der Waals surface area contributed by atoms with Crippen molar-refractivity contribution in [3.8, 4) is 0 Å². The molecular formula is C18H21NO4S. The Morgan fingerprint density at radius 2 is 1.54 bits per heavy atom. The summed E-state index contributed by atoms with van der Waals surface area (Å²) in [7, 11) is -3.62. The van der Waals surface area contributed by atoms with Gasteiger partial charge in [-0.3, -0.25) is 0 Å². The van der Waals surface area contributed by atoms with Crippen LogP contribution in [0.4, 0.5) is 0 Å². The Balaban J connectivity index is 2.25. The molecular weight excluding hydrogens is 326 g/mol. The third kappa shape index (κ3) is 4.21. The smallest absolute Gasteiger partial charge is 0.338 e. The molecule has 2 rings (SSSR count). The topological polar surface area (TPSA) is 86.5 Å². The highest BCUT2D eigenvalue weighted by atomic mass is 32.2. The minimum absolute atomic E-state index is 0.0166. The molecule has 0 saturated carbocycles. The van der Waals surface area contributed by atoms with Crippen LogP contribution >= 0.6 is 0 Å². The van der Waals surface area contributed by atoms with Crippen LogP contribution in [-0.4, -0.2) is 27.0 Å². The van der Waals surface area contributed by atoms with Gasteiger partial charge in [-0.05, 0) is 62.2 Å². The highest BCUT2D eigenvalue weighted by Gasteiger charge is 2.18. The Morgan fingerprint density at radius 1 is 1.04 bits per heavy atom. The molecule has 0 fully saturated rings. The summed E-state index contributed by atoms with van der Waals surface area (Å²) in [6, 6.07) is 12.4. The maximum atomic E-state index is 12.6. The molecule has 2 N–H and O–H groups in total. The zero-order valence-corrected chi connectivity index (χ0v) is 14.5. The van der Waals surface area contributed by atoms with Crippen molar-refractivity contribution in [1.29, 1.82) is 0 Å². The molecule has 0 saturated heterocycles. The predicted octanol–water partition coefficient (Wildman–Crippen LogP) is 2.59. The van der Waals surface area contributed by atoms with E-state index in [1.54, 1.807) is 31.2 Å². The first-order valence-corrected chi connectivity index (χ1v) is 9.19. The highest BCUT2D eigenvalue weighted by molar-refractivity contribution is 7.91. The maximum Gasteiger partial charge on any atom is 0.338 e. The van der Waals surface area contributed by atoms with E-state index in [-0.39, 0.29) is 22.4 Å². The number of benzene rings is 2. The third-order valence-electron chi connectivity index (χ3n) is 3.47. The van der Waals surface area contributed by atoms with Gasteiger partial charge in [-0.25, -0.2) is 13.2 Å². The molecule has 0 amide bonds. The standard InChI is InChI=1S/C18H21NO4S/c1-3-23-18(20)15-6-10-17(11-7-15)24(21,22)16-8-4-14(5-9-16)12-13(2)19/h4-11,13H,3,12,19H2,1-2H3/t13-/m1/s1. The van der Waals surface area contributed by atoms with Gasteiger partial charge in [0.2, 0.25) is 9.84 Å². The Labute approximate surface area is 142 Å². The van der Waals surface area contributed by atoms with Gasteiger partial charge in [0.15, 0.2) is 0 Å². The predicted molar refractivity (Wildman–Crippen MR) is 91.6 cm³/mol. The van der Waals surface area contributed by atoms with E-state index in [1.165, 1.54) is 24.3 Å². The number of sulfone groups is 1. The summed E-state index contributed by atoms with van der Waals surface area (Å²) in [5.74, 6) is -0.471. The average molecular weight is 347 g/mol. The fraction of sp³-hybridized carbons (Fsp3) is 0.278. The quantitative estimate of drug-likeness (QED) is 0.812. The molecule has 0 bridgehead atoms. The molecule has 0 radical (unpaired) electrons. The van der Waals surface area contributed by atoms with Gasteiger partial charge < -0.3 is 10.5 Å². The van der Waals surface area contributed by atoms with Gasteiger partial charge in [0, 0.05) is 6.04 Å². The van der Waals surface area contributed by atoms with Gasteiger partial charge in [-0.1, -0.05) is 12.1 Å². The molecule has 5 nitrogen and oxygen atoms in total. The normalized spacial score (nSPS) is 12.6. The summed E-state index contributed by atoms with van der Waals surface area (Å²) >= 11 is 0. The lowest BCUT2D eigenvalue weighted by atomic mass is 10.1. The molecule has 128 valence electrons. The second kappa shape index (κ2) is 7.59. The first kappa shape index (κ1) is 18.2. The van der Waals surface area contributed by atoms with Crippen LogP contribution in [0.3, 0.4) is 0 Å². The van der Waals surface area contributed by atoms with E-state index in [2.05, 4.69) is 0 Å². The van der Waals surface area contributed by atoms with Crippen molar-refractivity contribution >= 4 is 15.8 Å². The van der Waals surface area contributed by atoms with Gasteiger partial charge in [0.05, 0.1) is 22.0 Å². The molecule has 2 aromatic carbocycles. The van der Waals surface area contributed by atoms with Crippen molar-refractivity contribution in [3.05, 3.63) is 59.7 Å². The molecule has 0 spiro atoms. The average Bonchev–Trinajstić information content (AvgIpc) is 2.55. The molecule has 0 aliphatic heterocycles. The van der Waals surface area contributed by atoms with E-state index in [4.69, 9.17) is 10.5 Å². The Kier molecular flexibility index (Phi) is 5.75. The summed E-state index contributed by atoms with van der Waals surface area (Å²) in [4.78, 5) is 12.0. The van der Waals surface area contributed by atoms with Gasteiger partial charge in [-0.15, -0.1) is 0 Å². The summed E-state index contributed by atoms with van der Waals surface area (Å²) < 4.78 is 30.2. The van der Waals surface area contributed by atoms with Crippen molar-refractivity contribution in [3.63, 3.8) is 0 Å². The Hall–Kier alpha value is -2.18. The van der Waals surface area contributed by atoms with Gasteiger partial charge in [0.25, 0.3) is 0 Å². The van der Waals surface area contributed by atoms with E-state index < -0.39 is 15.8 Å². The second-order valence-electron chi connectivity index (χ2n) is 5.57. The minimum Gasteiger partial charge on any atom is -0.462 e. The van der Waals surface area contributed by atoms with Gasteiger partial charge in [0.1, 0.15) is 0 Å². The molecule has 0 unspecified atom stereocenters.